The van der Waals surface area contributed by atoms with Gasteiger partial charge in [-0.2, -0.15) is 0 Å². The van der Waals surface area contributed by atoms with Gasteiger partial charge in [0.1, 0.15) is 6.54 Å². The van der Waals surface area contributed by atoms with E-state index in [0.29, 0.717) is 11.6 Å². The number of anilines is 1. The number of benzene rings is 2. The molecule has 0 saturated carbocycles. The Labute approximate surface area is 151 Å². The van der Waals surface area contributed by atoms with Crippen molar-refractivity contribution in [1.82, 2.24) is 5.32 Å². The van der Waals surface area contributed by atoms with Gasteiger partial charge in [0.25, 0.3) is 0 Å². The lowest BCUT2D eigenvalue weighted by Gasteiger charge is -2.23. The third kappa shape index (κ3) is 5.12. The first kappa shape index (κ1) is 18.6. The Morgan fingerprint density at radius 3 is 2.42 bits per heavy atom. The van der Waals surface area contributed by atoms with Crippen LogP contribution in [0.3, 0.4) is 0 Å². The molecule has 0 atom stereocenters. The van der Waals surface area contributed by atoms with Crippen LogP contribution in [0.2, 0.25) is 10.0 Å². The van der Waals surface area contributed by atoms with Gasteiger partial charge >= 0.3 is 0 Å². The normalized spacial score (nSPS) is 11.1. The lowest BCUT2D eigenvalue weighted by Crippen LogP contribution is -2.40. The lowest BCUT2D eigenvalue weighted by atomic mass is 10.2. The first-order chi connectivity index (χ1) is 11.3. The number of nitrogens with one attached hydrogen (secondary N) is 1. The van der Waals surface area contributed by atoms with E-state index in [1.165, 1.54) is 12.1 Å². The molecule has 0 fully saturated rings. The van der Waals surface area contributed by atoms with Gasteiger partial charge in [0.05, 0.1) is 17.0 Å². The second-order valence-corrected chi connectivity index (χ2v) is 7.88. The Morgan fingerprint density at radius 2 is 1.79 bits per heavy atom. The Bertz CT molecular complexity index is 826. The highest BCUT2D eigenvalue weighted by atomic mass is 35.5. The van der Waals surface area contributed by atoms with Crippen molar-refractivity contribution in [2.75, 3.05) is 17.1 Å². The second-order valence-electron chi connectivity index (χ2n) is 5.13. The van der Waals surface area contributed by atoms with Crippen LogP contribution in [0.25, 0.3) is 0 Å². The fourth-order valence-electron chi connectivity index (χ4n) is 2.04. The van der Waals surface area contributed by atoms with Crippen LogP contribution in [0, 0.1) is 0 Å². The molecule has 2 aromatic carbocycles. The molecule has 0 radical (unpaired) electrons. The van der Waals surface area contributed by atoms with E-state index in [9.17, 15) is 13.2 Å². The molecule has 0 heterocycles. The molecule has 24 heavy (non-hydrogen) atoms. The lowest BCUT2D eigenvalue weighted by molar-refractivity contribution is -0.119. The van der Waals surface area contributed by atoms with Crippen LogP contribution in [0.15, 0.2) is 48.5 Å². The molecule has 0 aliphatic heterocycles. The van der Waals surface area contributed by atoms with Gasteiger partial charge in [-0.1, -0.05) is 53.5 Å². The molecule has 0 saturated heterocycles. The van der Waals surface area contributed by atoms with Gasteiger partial charge in [-0.25, -0.2) is 8.42 Å². The maximum atomic E-state index is 12.1. The summed E-state index contributed by atoms with van der Waals surface area (Å²) < 4.78 is 25.0. The molecule has 0 bridgehead atoms. The van der Waals surface area contributed by atoms with Crippen LogP contribution in [-0.2, 0) is 21.4 Å². The fraction of sp³-hybridized carbons (Fsp3) is 0.188. The van der Waals surface area contributed by atoms with Crippen molar-refractivity contribution in [3.8, 4) is 0 Å². The summed E-state index contributed by atoms with van der Waals surface area (Å²) in [6.07, 6.45) is 1.01. The van der Waals surface area contributed by atoms with Gasteiger partial charge in [0.15, 0.2) is 0 Å². The van der Waals surface area contributed by atoms with E-state index < -0.39 is 15.9 Å². The van der Waals surface area contributed by atoms with Crippen LogP contribution < -0.4 is 9.62 Å². The average molecular weight is 387 g/mol. The molecule has 5 nitrogen and oxygen atoms in total. The molecule has 2 aromatic rings. The number of hydrogen-bond donors (Lipinski definition) is 1. The van der Waals surface area contributed by atoms with Crippen LogP contribution in [0.4, 0.5) is 5.69 Å². The van der Waals surface area contributed by atoms with Crippen molar-refractivity contribution in [2.45, 2.75) is 6.54 Å². The Morgan fingerprint density at radius 1 is 1.12 bits per heavy atom. The second kappa shape index (κ2) is 7.88. The van der Waals surface area contributed by atoms with E-state index in [4.69, 9.17) is 23.2 Å². The number of carbonyl (C=O) groups excluding carboxylic acids is 1. The summed E-state index contributed by atoms with van der Waals surface area (Å²) in [7, 11) is -3.71. The van der Waals surface area contributed by atoms with Crippen molar-refractivity contribution in [3.05, 3.63) is 64.1 Å². The van der Waals surface area contributed by atoms with E-state index in [-0.39, 0.29) is 17.3 Å². The number of carbonyl (C=O) groups is 1. The fourth-order valence-corrected chi connectivity index (χ4v) is 3.34. The van der Waals surface area contributed by atoms with Gasteiger partial charge < -0.3 is 5.32 Å². The largest absolute Gasteiger partial charge is 0.350 e. The highest BCUT2D eigenvalue weighted by Crippen LogP contribution is 2.30. The van der Waals surface area contributed by atoms with Crippen molar-refractivity contribution in [2.24, 2.45) is 0 Å². The molecule has 8 heteroatoms. The van der Waals surface area contributed by atoms with Crippen LogP contribution in [-0.4, -0.2) is 27.1 Å². The zero-order chi connectivity index (χ0) is 17.7. The minimum atomic E-state index is -3.71. The maximum absolute atomic E-state index is 12.1. The van der Waals surface area contributed by atoms with E-state index in [2.05, 4.69) is 5.32 Å². The first-order valence-corrected chi connectivity index (χ1v) is 9.61. The van der Waals surface area contributed by atoms with Gasteiger partial charge in [-0.15, -0.1) is 0 Å². The number of hydrogen-bond acceptors (Lipinski definition) is 3. The topological polar surface area (TPSA) is 66.5 Å². The summed E-state index contributed by atoms with van der Waals surface area (Å²) in [4.78, 5) is 12.1. The third-order valence-corrected chi connectivity index (χ3v) is 4.88. The molecule has 128 valence electrons. The Hall–Kier alpha value is -1.76. The zero-order valence-electron chi connectivity index (χ0n) is 12.9. The molecule has 0 aliphatic rings. The highest BCUT2D eigenvalue weighted by Gasteiger charge is 2.23. The van der Waals surface area contributed by atoms with Gasteiger partial charge in [0, 0.05) is 11.6 Å². The summed E-state index contributed by atoms with van der Waals surface area (Å²) in [6, 6.07) is 13.8. The Kier molecular flexibility index (Phi) is 6.10. The monoisotopic (exact) mass is 386 g/mol. The molecular formula is C16H16Cl2N2O3S. The molecule has 0 aromatic heterocycles. The van der Waals surface area contributed by atoms with Gasteiger partial charge in [-0.3, -0.25) is 9.10 Å². The number of sulfonamides is 1. The number of amides is 1. The maximum Gasteiger partial charge on any atom is 0.241 e. The van der Waals surface area contributed by atoms with E-state index in [1.54, 1.807) is 6.07 Å². The molecule has 0 aliphatic carbocycles. The van der Waals surface area contributed by atoms with Gasteiger partial charge in [0.2, 0.25) is 15.9 Å². The summed E-state index contributed by atoms with van der Waals surface area (Å²) >= 11 is 12.0. The van der Waals surface area contributed by atoms with Crippen molar-refractivity contribution < 1.29 is 13.2 Å². The van der Waals surface area contributed by atoms with Gasteiger partial charge in [-0.05, 0) is 23.8 Å². The van der Waals surface area contributed by atoms with Crippen molar-refractivity contribution in [3.63, 3.8) is 0 Å². The smallest absolute Gasteiger partial charge is 0.241 e. The van der Waals surface area contributed by atoms with E-state index in [0.717, 1.165) is 16.1 Å². The molecule has 1 amide bonds. The SMILES string of the molecule is CS(=O)(=O)N(CC(=O)NCc1ccccc1)c1cc(Cl)ccc1Cl. The van der Waals surface area contributed by atoms with E-state index >= 15 is 0 Å². The van der Waals surface area contributed by atoms with E-state index in [1.807, 2.05) is 30.3 Å². The first-order valence-electron chi connectivity index (χ1n) is 7.01. The summed E-state index contributed by atoms with van der Waals surface area (Å²) in [5.74, 6) is -0.444. The van der Waals surface area contributed by atoms with Crippen LogP contribution in [0.1, 0.15) is 5.56 Å². The number of rotatable bonds is 6. The molecule has 0 unspecified atom stereocenters. The summed E-state index contributed by atoms with van der Waals surface area (Å²) in [5.41, 5.74) is 1.08. The number of nitrogens with zero attached hydrogens (tertiary/aromatic N) is 1. The quantitative estimate of drug-likeness (QED) is 0.829. The third-order valence-electron chi connectivity index (χ3n) is 3.20. The minimum Gasteiger partial charge on any atom is -0.350 e. The predicted octanol–water partition coefficient (Wildman–Crippen LogP) is 3.08. The number of halogens is 2. The standard InChI is InChI=1S/C16H16Cl2N2O3S/c1-24(22,23)20(15-9-13(17)7-8-14(15)18)11-16(21)19-10-12-5-3-2-4-6-12/h2-9H,10-11H2,1H3,(H,19,21). The van der Waals surface area contributed by atoms with Crippen molar-refractivity contribution in [1.29, 1.82) is 0 Å². The van der Waals surface area contributed by atoms with Crippen LogP contribution in [0.5, 0.6) is 0 Å². The summed E-state index contributed by atoms with van der Waals surface area (Å²) in [5, 5.41) is 3.21. The summed E-state index contributed by atoms with van der Waals surface area (Å²) in [6.45, 7) is -0.0771. The zero-order valence-corrected chi connectivity index (χ0v) is 15.2. The van der Waals surface area contributed by atoms with Crippen molar-refractivity contribution >= 4 is 44.8 Å². The van der Waals surface area contributed by atoms with Crippen LogP contribution >= 0.6 is 23.2 Å². The molecule has 1 N–H and O–H groups in total. The highest BCUT2D eigenvalue weighted by molar-refractivity contribution is 7.92. The average Bonchev–Trinajstić information content (AvgIpc) is 2.53. The molecule has 0 spiro atoms. The minimum absolute atomic E-state index is 0.168. The molecule has 2 rings (SSSR count). The predicted molar refractivity (Wildman–Crippen MR) is 96.9 cm³/mol. The molecular weight excluding hydrogens is 371 g/mol. The Balaban J connectivity index is 2.15.